The fourth-order valence-electron chi connectivity index (χ4n) is 2.11. The van der Waals surface area contributed by atoms with Crippen molar-refractivity contribution in [2.75, 3.05) is 26.1 Å². The Kier molecular flexibility index (Phi) is 6.00. The van der Waals surface area contributed by atoms with E-state index in [1.165, 1.54) is 13.2 Å². The van der Waals surface area contributed by atoms with Gasteiger partial charge >= 0.3 is 0 Å². The van der Waals surface area contributed by atoms with Crippen LogP contribution >= 0.6 is 0 Å². The molecule has 0 atom stereocenters. The number of nitrogens with one attached hydrogen (secondary N) is 2. The number of sulfonamides is 1. The number of ether oxygens (including phenoxy) is 2. The SMILES string of the molecule is COc1ccc(NC(=O)CNS(=O)(=O)c2cc(C)ccc2OC)cc1. The minimum atomic E-state index is -3.88. The molecule has 0 radical (unpaired) electrons. The van der Waals surface area contributed by atoms with E-state index in [2.05, 4.69) is 10.0 Å². The Morgan fingerprint density at radius 1 is 1.04 bits per heavy atom. The van der Waals surface area contributed by atoms with Crippen LogP contribution in [-0.2, 0) is 14.8 Å². The third-order valence-electron chi connectivity index (χ3n) is 3.41. The van der Waals surface area contributed by atoms with E-state index in [-0.39, 0.29) is 10.6 Å². The van der Waals surface area contributed by atoms with E-state index in [1.54, 1.807) is 50.4 Å². The minimum Gasteiger partial charge on any atom is -0.497 e. The number of methoxy groups -OCH3 is 2. The maximum Gasteiger partial charge on any atom is 0.244 e. The minimum absolute atomic E-state index is 0.00718. The molecule has 0 aliphatic rings. The van der Waals surface area contributed by atoms with Crippen molar-refractivity contribution in [3.05, 3.63) is 48.0 Å². The zero-order valence-corrected chi connectivity index (χ0v) is 15.0. The molecule has 0 fully saturated rings. The van der Waals surface area contributed by atoms with Crippen LogP contribution < -0.4 is 19.5 Å². The lowest BCUT2D eigenvalue weighted by atomic mass is 10.2. The zero-order valence-electron chi connectivity index (χ0n) is 14.2. The summed E-state index contributed by atoms with van der Waals surface area (Å²) in [5.74, 6) is 0.388. The third kappa shape index (κ3) is 4.94. The van der Waals surface area contributed by atoms with Crippen molar-refractivity contribution < 1.29 is 22.7 Å². The number of rotatable bonds is 7. The Bertz CT molecular complexity index is 848. The average molecular weight is 364 g/mol. The highest BCUT2D eigenvalue weighted by Gasteiger charge is 2.20. The van der Waals surface area contributed by atoms with E-state index >= 15 is 0 Å². The van der Waals surface area contributed by atoms with Crippen LogP contribution in [0.15, 0.2) is 47.4 Å². The van der Waals surface area contributed by atoms with E-state index in [4.69, 9.17) is 9.47 Å². The molecule has 0 saturated carbocycles. The lowest BCUT2D eigenvalue weighted by molar-refractivity contribution is -0.115. The first-order valence-corrected chi connectivity index (χ1v) is 8.92. The molecular weight excluding hydrogens is 344 g/mol. The molecule has 2 rings (SSSR count). The number of amides is 1. The molecule has 134 valence electrons. The lowest BCUT2D eigenvalue weighted by Crippen LogP contribution is -2.33. The van der Waals surface area contributed by atoms with Gasteiger partial charge in [-0.25, -0.2) is 13.1 Å². The molecule has 7 nitrogen and oxygen atoms in total. The summed E-state index contributed by atoms with van der Waals surface area (Å²) in [4.78, 5) is 12.0. The highest BCUT2D eigenvalue weighted by atomic mass is 32.2. The zero-order chi connectivity index (χ0) is 18.4. The van der Waals surface area contributed by atoms with Crippen LogP contribution in [0, 0.1) is 6.92 Å². The van der Waals surface area contributed by atoms with Crippen LogP contribution in [0.4, 0.5) is 5.69 Å². The standard InChI is InChI=1S/C17H20N2O5S/c1-12-4-9-15(24-3)16(10-12)25(21,22)18-11-17(20)19-13-5-7-14(23-2)8-6-13/h4-10,18H,11H2,1-3H3,(H,19,20). The van der Waals surface area contributed by atoms with Gasteiger partial charge in [0.05, 0.1) is 20.8 Å². The molecule has 25 heavy (non-hydrogen) atoms. The van der Waals surface area contributed by atoms with E-state index < -0.39 is 22.5 Å². The highest BCUT2D eigenvalue weighted by molar-refractivity contribution is 7.89. The van der Waals surface area contributed by atoms with Crippen LogP contribution in [0.2, 0.25) is 0 Å². The number of aryl methyl sites for hydroxylation is 1. The van der Waals surface area contributed by atoms with Crippen molar-refractivity contribution in [1.29, 1.82) is 0 Å². The fourth-order valence-corrected chi connectivity index (χ4v) is 3.35. The van der Waals surface area contributed by atoms with Crippen molar-refractivity contribution in [3.8, 4) is 11.5 Å². The number of hydrogen-bond donors (Lipinski definition) is 2. The van der Waals surface area contributed by atoms with E-state index in [0.29, 0.717) is 11.4 Å². The molecule has 0 unspecified atom stereocenters. The number of benzene rings is 2. The monoisotopic (exact) mass is 364 g/mol. The normalized spacial score (nSPS) is 11.0. The molecule has 2 N–H and O–H groups in total. The average Bonchev–Trinajstić information content (AvgIpc) is 2.61. The van der Waals surface area contributed by atoms with Gasteiger partial charge in [-0.3, -0.25) is 4.79 Å². The quantitative estimate of drug-likeness (QED) is 0.783. The summed E-state index contributed by atoms with van der Waals surface area (Å²) in [5.41, 5.74) is 1.31. The van der Waals surface area contributed by atoms with Gasteiger partial charge in [0.15, 0.2) is 0 Å². The smallest absolute Gasteiger partial charge is 0.244 e. The number of carbonyl (C=O) groups excluding carboxylic acids is 1. The molecule has 0 saturated heterocycles. The van der Waals surface area contributed by atoms with Gasteiger partial charge in [0.1, 0.15) is 16.4 Å². The van der Waals surface area contributed by atoms with Crippen molar-refractivity contribution in [1.82, 2.24) is 4.72 Å². The molecule has 1 amide bonds. The lowest BCUT2D eigenvalue weighted by Gasteiger charge is -2.12. The Labute approximate surface area is 147 Å². The fraction of sp³-hybridized carbons (Fsp3) is 0.235. The van der Waals surface area contributed by atoms with Crippen LogP contribution in [0.5, 0.6) is 11.5 Å². The largest absolute Gasteiger partial charge is 0.497 e. The molecule has 0 aliphatic carbocycles. The summed E-state index contributed by atoms with van der Waals surface area (Å²) < 4.78 is 37.2. The second-order valence-corrected chi connectivity index (χ2v) is 6.99. The highest BCUT2D eigenvalue weighted by Crippen LogP contribution is 2.24. The topological polar surface area (TPSA) is 93.7 Å². The molecule has 0 aromatic heterocycles. The summed E-state index contributed by atoms with van der Waals surface area (Å²) in [6, 6.07) is 11.5. The Hall–Kier alpha value is -2.58. The Balaban J connectivity index is 2.03. The van der Waals surface area contributed by atoms with Crippen LogP contribution in [-0.4, -0.2) is 35.1 Å². The first-order valence-electron chi connectivity index (χ1n) is 7.44. The predicted octanol–water partition coefficient (Wildman–Crippen LogP) is 1.93. The van der Waals surface area contributed by atoms with Gasteiger partial charge in [-0.2, -0.15) is 0 Å². The molecule has 0 heterocycles. The molecule has 2 aromatic rings. The second kappa shape index (κ2) is 8.00. The number of hydrogen-bond acceptors (Lipinski definition) is 5. The first-order chi connectivity index (χ1) is 11.9. The predicted molar refractivity (Wildman–Crippen MR) is 94.5 cm³/mol. The molecule has 0 spiro atoms. The molecule has 0 aliphatic heterocycles. The molecule has 0 bridgehead atoms. The maximum absolute atomic E-state index is 12.4. The van der Waals surface area contributed by atoms with Gasteiger partial charge < -0.3 is 14.8 Å². The summed E-state index contributed by atoms with van der Waals surface area (Å²) in [6.45, 7) is 1.38. The molecule has 8 heteroatoms. The number of carbonyl (C=O) groups is 1. The van der Waals surface area contributed by atoms with Gasteiger partial charge in [-0.15, -0.1) is 0 Å². The third-order valence-corrected chi connectivity index (χ3v) is 4.83. The van der Waals surface area contributed by atoms with E-state index in [1.807, 2.05) is 0 Å². The van der Waals surface area contributed by atoms with Gasteiger partial charge in [0, 0.05) is 5.69 Å². The number of anilines is 1. The summed E-state index contributed by atoms with van der Waals surface area (Å²) >= 11 is 0. The van der Waals surface area contributed by atoms with Crippen molar-refractivity contribution in [2.24, 2.45) is 0 Å². The van der Waals surface area contributed by atoms with Gasteiger partial charge in [0.2, 0.25) is 15.9 Å². The summed E-state index contributed by atoms with van der Waals surface area (Å²) in [6.07, 6.45) is 0. The van der Waals surface area contributed by atoms with Crippen LogP contribution in [0.25, 0.3) is 0 Å². The van der Waals surface area contributed by atoms with Crippen molar-refractivity contribution in [2.45, 2.75) is 11.8 Å². The Morgan fingerprint density at radius 2 is 1.72 bits per heavy atom. The van der Waals surface area contributed by atoms with E-state index in [0.717, 1.165) is 5.56 Å². The van der Waals surface area contributed by atoms with Crippen molar-refractivity contribution >= 4 is 21.6 Å². The van der Waals surface area contributed by atoms with Gasteiger partial charge in [0.25, 0.3) is 0 Å². The first kappa shape index (κ1) is 18.8. The summed E-state index contributed by atoms with van der Waals surface area (Å²) in [5, 5.41) is 2.60. The van der Waals surface area contributed by atoms with Crippen molar-refractivity contribution in [3.63, 3.8) is 0 Å². The second-order valence-electron chi connectivity index (χ2n) is 5.26. The molecule has 2 aromatic carbocycles. The molecular formula is C17H20N2O5S. The van der Waals surface area contributed by atoms with Gasteiger partial charge in [-0.05, 0) is 48.9 Å². The Morgan fingerprint density at radius 3 is 2.32 bits per heavy atom. The van der Waals surface area contributed by atoms with Crippen LogP contribution in [0.3, 0.4) is 0 Å². The van der Waals surface area contributed by atoms with Crippen LogP contribution in [0.1, 0.15) is 5.56 Å². The van der Waals surface area contributed by atoms with Gasteiger partial charge in [-0.1, -0.05) is 6.07 Å². The van der Waals surface area contributed by atoms with E-state index in [9.17, 15) is 13.2 Å². The summed E-state index contributed by atoms with van der Waals surface area (Å²) in [7, 11) is -0.947. The maximum atomic E-state index is 12.4.